The molecular formula is C49H39NO. The Morgan fingerprint density at radius 3 is 1.82 bits per heavy atom. The second kappa shape index (κ2) is 12.6. The van der Waals surface area contributed by atoms with Crippen LogP contribution in [0.15, 0.2) is 169 Å². The van der Waals surface area contributed by atoms with Gasteiger partial charge in [0.2, 0.25) is 0 Å². The highest BCUT2D eigenvalue weighted by molar-refractivity contribution is 5.86. The van der Waals surface area contributed by atoms with Crippen LogP contribution in [0.5, 0.6) is 5.75 Å². The lowest BCUT2D eigenvalue weighted by atomic mass is 9.81. The molecule has 2 aliphatic carbocycles. The van der Waals surface area contributed by atoms with Crippen LogP contribution in [0.3, 0.4) is 0 Å². The van der Waals surface area contributed by atoms with Gasteiger partial charge in [0.15, 0.2) is 0 Å². The Balaban J connectivity index is 1.12. The summed E-state index contributed by atoms with van der Waals surface area (Å²) in [6.45, 7) is 4.72. The zero-order valence-electron chi connectivity index (χ0n) is 29.0. The predicted molar refractivity (Wildman–Crippen MR) is 214 cm³/mol. The zero-order chi connectivity index (χ0) is 34.4. The second-order valence-corrected chi connectivity index (χ2v) is 14.2. The molecule has 0 saturated heterocycles. The monoisotopic (exact) mass is 657 g/mol. The predicted octanol–water partition coefficient (Wildman–Crippen LogP) is 12.8. The molecule has 1 aliphatic heterocycles. The highest BCUT2D eigenvalue weighted by atomic mass is 16.5. The van der Waals surface area contributed by atoms with E-state index in [1.165, 1.54) is 44.5 Å². The van der Waals surface area contributed by atoms with Gasteiger partial charge in [-0.05, 0) is 87.3 Å². The van der Waals surface area contributed by atoms with E-state index in [2.05, 4.69) is 195 Å². The maximum absolute atomic E-state index is 6.68. The fourth-order valence-electron chi connectivity index (χ4n) is 7.90. The fourth-order valence-corrected chi connectivity index (χ4v) is 7.90. The summed E-state index contributed by atoms with van der Waals surface area (Å²) in [7, 11) is 0. The van der Waals surface area contributed by atoms with Gasteiger partial charge in [-0.15, -0.1) is 0 Å². The Bertz CT molecular complexity index is 2380. The number of fused-ring (bicyclic) bond motifs is 6. The maximum Gasteiger partial charge on any atom is 0.136 e. The van der Waals surface area contributed by atoms with Crippen LogP contribution in [0.25, 0.3) is 35.4 Å². The van der Waals surface area contributed by atoms with Crippen LogP contribution in [-0.4, -0.2) is 0 Å². The normalized spacial score (nSPS) is 16.5. The van der Waals surface area contributed by atoms with Gasteiger partial charge in [-0.1, -0.05) is 159 Å². The Hall–Kier alpha value is -6.12. The first kappa shape index (κ1) is 30.9. The van der Waals surface area contributed by atoms with Gasteiger partial charge >= 0.3 is 0 Å². The van der Waals surface area contributed by atoms with E-state index in [4.69, 9.17) is 4.74 Å². The van der Waals surface area contributed by atoms with Gasteiger partial charge in [0, 0.05) is 22.4 Å². The molecular weight excluding hydrogens is 619 g/mol. The molecule has 0 amide bonds. The van der Waals surface area contributed by atoms with Gasteiger partial charge in [0.25, 0.3) is 0 Å². The molecule has 0 saturated carbocycles. The van der Waals surface area contributed by atoms with Crippen LogP contribution in [-0.2, 0) is 5.41 Å². The number of para-hydroxylation sites is 1. The van der Waals surface area contributed by atoms with Gasteiger partial charge in [0.05, 0.1) is 11.6 Å². The van der Waals surface area contributed by atoms with Crippen molar-refractivity contribution < 1.29 is 4.74 Å². The van der Waals surface area contributed by atoms with E-state index in [9.17, 15) is 0 Å². The lowest BCUT2D eigenvalue weighted by Gasteiger charge is -2.31. The number of anilines is 2. The molecule has 1 atom stereocenters. The largest absolute Gasteiger partial charge is 0.459 e. The van der Waals surface area contributed by atoms with Crippen LogP contribution in [0, 0.1) is 0 Å². The van der Waals surface area contributed by atoms with E-state index in [0.29, 0.717) is 0 Å². The molecule has 0 radical (unpaired) electrons. The van der Waals surface area contributed by atoms with Crippen LogP contribution >= 0.6 is 0 Å². The summed E-state index contributed by atoms with van der Waals surface area (Å²) >= 11 is 0. The van der Waals surface area contributed by atoms with Crippen LogP contribution in [0.2, 0.25) is 0 Å². The number of rotatable bonds is 7. The minimum Gasteiger partial charge on any atom is -0.459 e. The molecule has 0 bridgehead atoms. The van der Waals surface area contributed by atoms with E-state index < -0.39 is 0 Å². The van der Waals surface area contributed by atoms with Crippen molar-refractivity contribution in [3.8, 4) is 16.9 Å². The number of allylic oxidation sites excluding steroid dienone is 3. The van der Waals surface area contributed by atoms with Crippen molar-refractivity contribution in [1.82, 2.24) is 0 Å². The van der Waals surface area contributed by atoms with Crippen molar-refractivity contribution in [2.75, 3.05) is 4.90 Å². The number of hydrogen-bond acceptors (Lipinski definition) is 2. The molecule has 1 heterocycles. The van der Waals surface area contributed by atoms with E-state index in [1.54, 1.807) is 0 Å². The molecule has 6 aromatic carbocycles. The lowest BCUT2D eigenvalue weighted by Crippen LogP contribution is -2.22. The molecule has 0 aromatic heterocycles. The van der Waals surface area contributed by atoms with Crippen molar-refractivity contribution >= 4 is 35.7 Å². The molecule has 9 rings (SSSR count). The zero-order valence-corrected chi connectivity index (χ0v) is 29.0. The van der Waals surface area contributed by atoms with E-state index in [0.717, 1.165) is 40.6 Å². The van der Waals surface area contributed by atoms with Gasteiger partial charge in [-0.25, -0.2) is 0 Å². The summed E-state index contributed by atoms with van der Waals surface area (Å²) < 4.78 is 6.68. The van der Waals surface area contributed by atoms with Crippen LogP contribution < -0.4 is 9.64 Å². The SMILES string of the molecule is CC1(C)c2cc(/C=C/c3ccccc3)ccc2-c2ccc(N(C3=C4Oc5ccccc5C4CC=C3)c3ccc(/C=C/c4ccccc4)cc3)cc21. The van der Waals surface area contributed by atoms with Crippen molar-refractivity contribution in [2.45, 2.75) is 31.6 Å². The average Bonchev–Trinajstić information content (AvgIpc) is 3.67. The van der Waals surface area contributed by atoms with E-state index in [-0.39, 0.29) is 11.3 Å². The molecule has 51 heavy (non-hydrogen) atoms. The van der Waals surface area contributed by atoms with Crippen molar-refractivity contribution in [1.29, 1.82) is 0 Å². The molecule has 2 heteroatoms. The molecule has 0 N–H and O–H groups in total. The molecule has 6 aromatic rings. The van der Waals surface area contributed by atoms with Crippen LogP contribution in [0.1, 0.15) is 65.1 Å². The highest BCUT2D eigenvalue weighted by Crippen LogP contribution is 2.52. The average molecular weight is 658 g/mol. The highest BCUT2D eigenvalue weighted by Gasteiger charge is 2.38. The maximum atomic E-state index is 6.68. The molecule has 0 fully saturated rings. The van der Waals surface area contributed by atoms with Crippen molar-refractivity contribution in [3.63, 3.8) is 0 Å². The van der Waals surface area contributed by atoms with Crippen LogP contribution in [0.4, 0.5) is 11.4 Å². The number of ether oxygens (including phenoxy) is 1. The third kappa shape index (κ3) is 5.63. The summed E-state index contributed by atoms with van der Waals surface area (Å²) in [5, 5.41) is 0. The van der Waals surface area contributed by atoms with Gasteiger partial charge in [0.1, 0.15) is 11.5 Å². The molecule has 0 spiro atoms. The van der Waals surface area contributed by atoms with E-state index >= 15 is 0 Å². The van der Waals surface area contributed by atoms with E-state index in [1.807, 2.05) is 6.07 Å². The van der Waals surface area contributed by atoms with Gasteiger partial charge in [-0.3, -0.25) is 0 Å². The summed E-state index contributed by atoms with van der Waals surface area (Å²) in [6, 6.07) is 52.2. The second-order valence-electron chi connectivity index (χ2n) is 14.2. The number of nitrogens with zero attached hydrogens (tertiary/aromatic N) is 1. The number of benzene rings is 6. The molecule has 246 valence electrons. The first-order valence-electron chi connectivity index (χ1n) is 17.9. The third-order valence-electron chi connectivity index (χ3n) is 10.6. The Morgan fingerprint density at radius 1 is 0.569 bits per heavy atom. The topological polar surface area (TPSA) is 12.5 Å². The standard InChI is InChI=1S/C49H39NO/c1-49(2)44-32-37(23-22-35-14-7-4-8-15-35)26-30-40(44)41-31-29-39(33-45(41)49)50(38-27-24-36(25-28-38)21-20-34-12-5-3-6-13-34)46-18-11-17-43-42-16-9-10-19-47(42)51-48(43)46/h3-16,18-33,43H,17H2,1-2H3/b21-20+,23-22+. The minimum atomic E-state index is -0.169. The Labute approximate surface area is 301 Å². The summed E-state index contributed by atoms with van der Waals surface area (Å²) in [5.41, 5.74) is 14.5. The van der Waals surface area contributed by atoms with Crippen molar-refractivity contribution in [2.24, 2.45) is 0 Å². The first-order chi connectivity index (χ1) is 25.0. The summed E-state index contributed by atoms with van der Waals surface area (Å²) in [5.74, 6) is 2.18. The minimum absolute atomic E-state index is 0.169. The van der Waals surface area contributed by atoms with Crippen molar-refractivity contribution in [3.05, 3.63) is 208 Å². The summed E-state index contributed by atoms with van der Waals surface area (Å²) in [6.07, 6.45) is 14.2. The Morgan fingerprint density at radius 2 is 1.12 bits per heavy atom. The lowest BCUT2D eigenvalue weighted by molar-refractivity contribution is 0.418. The smallest absolute Gasteiger partial charge is 0.136 e. The Kier molecular flexibility index (Phi) is 7.66. The third-order valence-corrected chi connectivity index (χ3v) is 10.6. The quantitative estimate of drug-likeness (QED) is 0.158. The molecule has 2 nitrogen and oxygen atoms in total. The number of hydrogen-bond donors (Lipinski definition) is 0. The summed E-state index contributed by atoms with van der Waals surface area (Å²) in [4.78, 5) is 2.39. The van der Waals surface area contributed by atoms with Gasteiger partial charge in [-0.2, -0.15) is 0 Å². The van der Waals surface area contributed by atoms with Gasteiger partial charge < -0.3 is 9.64 Å². The first-order valence-corrected chi connectivity index (χ1v) is 17.9. The molecule has 3 aliphatic rings. The molecule has 1 unspecified atom stereocenters. The fraction of sp³-hybridized carbons (Fsp3) is 0.102.